The van der Waals surface area contributed by atoms with E-state index >= 15 is 0 Å². The predicted octanol–water partition coefficient (Wildman–Crippen LogP) is 1.23. The molecule has 0 aliphatic carbocycles. The Bertz CT molecular complexity index is 642. The zero-order valence-corrected chi connectivity index (χ0v) is 17.2. The van der Waals surface area contributed by atoms with Crippen LogP contribution in [0.5, 0.6) is 0 Å². The Hall–Kier alpha value is -1.46. The van der Waals surface area contributed by atoms with Crippen molar-refractivity contribution in [1.29, 1.82) is 0 Å². The molecule has 2 amide bonds. The molecule has 10 heteroatoms. The first-order chi connectivity index (χ1) is 12.7. The number of hydrogen-bond donors (Lipinski definition) is 2. The van der Waals surface area contributed by atoms with Crippen LogP contribution in [0.4, 0.5) is 9.59 Å². The monoisotopic (exact) mass is 403 g/mol. The highest BCUT2D eigenvalue weighted by Gasteiger charge is 2.65. The minimum absolute atomic E-state index is 0.198. The molecule has 28 heavy (non-hydrogen) atoms. The van der Waals surface area contributed by atoms with Crippen LogP contribution in [0.15, 0.2) is 0 Å². The van der Waals surface area contributed by atoms with Crippen molar-refractivity contribution < 1.29 is 43.5 Å². The lowest BCUT2D eigenvalue weighted by molar-refractivity contribution is -1.07. The molecule has 3 fully saturated rings. The van der Waals surface area contributed by atoms with Gasteiger partial charge in [0.1, 0.15) is 29.5 Å². The summed E-state index contributed by atoms with van der Waals surface area (Å²) in [6, 6.07) is 0. The van der Waals surface area contributed by atoms with Crippen LogP contribution in [-0.2, 0) is 18.9 Å². The fraction of sp³-hybridized carbons (Fsp3) is 0.889. The Morgan fingerprint density at radius 1 is 0.964 bits per heavy atom. The molecule has 0 aromatic heterocycles. The molecule has 0 spiro atoms. The molecule has 10 nitrogen and oxygen atoms in total. The van der Waals surface area contributed by atoms with Crippen LogP contribution in [0.3, 0.4) is 0 Å². The molecule has 2 N–H and O–H groups in total. The van der Waals surface area contributed by atoms with E-state index in [-0.39, 0.29) is 19.6 Å². The van der Waals surface area contributed by atoms with Crippen LogP contribution >= 0.6 is 0 Å². The molecule has 3 rings (SSSR count). The van der Waals surface area contributed by atoms with E-state index in [4.69, 9.17) is 18.9 Å². The van der Waals surface area contributed by atoms with Gasteiger partial charge in [0.2, 0.25) is 0 Å². The number of quaternary nitrogens is 1. The lowest BCUT2D eigenvalue weighted by atomic mass is 10.1. The van der Waals surface area contributed by atoms with Gasteiger partial charge >= 0.3 is 12.2 Å². The number of ether oxygens (including phenoxy) is 4. The molecular weight excluding hydrogens is 372 g/mol. The summed E-state index contributed by atoms with van der Waals surface area (Å²) < 4.78 is 21.2. The second-order valence-electron chi connectivity index (χ2n) is 9.64. The van der Waals surface area contributed by atoms with Gasteiger partial charge in [-0.2, -0.15) is 4.79 Å². The van der Waals surface area contributed by atoms with Gasteiger partial charge in [0, 0.05) is 0 Å². The standard InChI is InChI=1S/C18H31N2O8/c1-17(2,3)27-15(22)19-7-10-11(8-19)26-13-12(25-10)9-20(24,14(13)21)16(23)28-18(4,5)6/h10-14,21,24H,7-9H2,1-6H3/q+1. The molecule has 3 saturated heterocycles. The van der Waals surface area contributed by atoms with E-state index in [1.165, 1.54) is 4.90 Å². The summed E-state index contributed by atoms with van der Waals surface area (Å²) in [7, 11) is 0. The number of hydrogen-bond acceptors (Lipinski definition) is 8. The zero-order valence-electron chi connectivity index (χ0n) is 17.2. The summed E-state index contributed by atoms with van der Waals surface area (Å²) in [5, 5.41) is 21.3. The fourth-order valence-electron chi connectivity index (χ4n) is 3.63. The molecular formula is C18H31N2O8+. The summed E-state index contributed by atoms with van der Waals surface area (Å²) >= 11 is 0. The Morgan fingerprint density at radius 2 is 1.50 bits per heavy atom. The van der Waals surface area contributed by atoms with E-state index in [0.717, 1.165) is 0 Å². The molecule has 0 aromatic rings. The first kappa shape index (κ1) is 21.3. The molecule has 6 unspecified atom stereocenters. The van der Waals surface area contributed by atoms with Gasteiger partial charge in [-0.25, -0.2) is 10.0 Å². The maximum absolute atomic E-state index is 12.4. The predicted molar refractivity (Wildman–Crippen MR) is 94.3 cm³/mol. The zero-order chi connectivity index (χ0) is 21.1. The minimum atomic E-state index is -1.55. The number of rotatable bonds is 0. The fourth-order valence-corrected chi connectivity index (χ4v) is 3.63. The largest absolute Gasteiger partial charge is 0.552 e. The van der Waals surface area contributed by atoms with Gasteiger partial charge in [0.25, 0.3) is 6.23 Å². The molecule has 3 aliphatic heterocycles. The Labute approximate surface area is 164 Å². The third kappa shape index (κ3) is 4.11. The van der Waals surface area contributed by atoms with Crippen molar-refractivity contribution in [3.8, 4) is 0 Å². The summed E-state index contributed by atoms with van der Waals surface area (Å²) in [4.78, 5) is 26.2. The molecule has 3 heterocycles. The molecule has 160 valence electrons. The molecule has 6 atom stereocenters. The average molecular weight is 403 g/mol. The third-order valence-electron chi connectivity index (χ3n) is 4.81. The van der Waals surface area contributed by atoms with Crippen LogP contribution < -0.4 is 0 Å². The highest BCUT2D eigenvalue weighted by Crippen LogP contribution is 2.37. The van der Waals surface area contributed by atoms with Gasteiger partial charge in [0.05, 0.1) is 13.1 Å². The topological polar surface area (TPSA) is 115 Å². The van der Waals surface area contributed by atoms with Crippen molar-refractivity contribution in [3.63, 3.8) is 0 Å². The van der Waals surface area contributed by atoms with Gasteiger partial charge in [-0.1, -0.05) is 4.65 Å². The smallest absolute Gasteiger partial charge is 0.444 e. The molecule has 0 bridgehead atoms. The van der Waals surface area contributed by atoms with Gasteiger partial charge in [-0.3, -0.25) is 0 Å². The van der Waals surface area contributed by atoms with Crippen LogP contribution in [0.1, 0.15) is 41.5 Å². The van der Waals surface area contributed by atoms with Crippen molar-refractivity contribution in [2.75, 3.05) is 19.6 Å². The number of hydroxylamine groups is 3. The number of amides is 2. The van der Waals surface area contributed by atoms with Crippen LogP contribution in [0, 0.1) is 0 Å². The van der Waals surface area contributed by atoms with Gasteiger partial charge in [0.15, 0.2) is 12.6 Å². The summed E-state index contributed by atoms with van der Waals surface area (Å²) in [5.41, 5.74) is -1.43. The average Bonchev–Trinajstić information content (AvgIpc) is 3.02. The van der Waals surface area contributed by atoms with Gasteiger partial charge in [-0.15, -0.1) is 0 Å². The van der Waals surface area contributed by atoms with Crippen LogP contribution in [0.25, 0.3) is 0 Å². The number of carbonyl (C=O) groups is 2. The number of aliphatic hydroxyl groups is 1. The summed E-state index contributed by atoms with van der Waals surface area (Å²) in [6.07, 6.45) is -5.47. The second kappa shape index (κ2) is 6.81. The van der Waals surface area contributed by atoms with E-state index in [0.29, 0.717) is 0 Å². The van der Waals surface area contributed by atoms with Gasteiger partial charge in [-0.05, 0) is 41.5 Å². The van der Waals surface area contributed by atoms with Crippen molar-refractivity contribution >= 4 is 12.2 Å². The number of fused-ring (bicyclic) bond motifs is 2. The lowest BCUT2D eigenvalue weighted by Crippen LogP contribution is -2.57. The van der Waals surface area contributed by atoms with E-state index < -0.39 is 58.7 Å². The first-order valence-electron chi connectivity index (χ1n) is 9.50. The Kier molecular flexibility index (Phi) is 5.17. The van der Waals surface area contributed by atoms with E-state index in [9.17, 15) is 19.9 Å². The van der Waals surface area contributed by atoms with Crippen molar-refractivity contribution in [2.24, 2.45) is 0 Å². The Morgan fingerprint density at radius 3 is 2.04 bits per heavy atom. The normalized spacial score (nSPS) is 38.0. The number of aliphatic hydroxyl groups excluding tert-OH is 1. The van der Waals surface area contributed by atoms with Crippen molar-refractivity contribution in [2.45, 2.75) is 83.4 Å². The maximum Gasteiger partial charge on any atom is 0.552 e. The second-order valence-corrected chi connectivity index (χ2v) is 9.64. The molecule has 0 saturated carbocycles. The van der Waals surface area contributed by atoms with Crippen LogP contribution in [0.2, 0.25) is 0 Å². The van der Waals surface area contributed by atoms with Crippen molar-refractivity contribution in [3.05, 3.63) is 0 Å². The van der Waals surface area contributed by atoms with Gasteiger partial charge < -0.3 is 29.0 Å². The van der Waals surface area contributed by atoms with E-state index in [1.54, 1.807) is 41.5 Å². The van der Waals surface area contributed by atoms with Crippen molar-refractivity contribution in [1.82, 2.24) is 4.90 Å². The Balaban J connectivity index is 1.66. The summed E-state index contributed by atoms with van der Waals surface area (Å²) in [6.45, 7) is 10.7. The first-order valence-corrected chi connectivity index (χ1v) is 9.50. The summed E-state index contributed by atoms with van der Waals surface area (Å²) in [5.74, 6) is 0. The number of carbonyl (C=O) groups excluding carboxylic acids is 2. The highest BCUT2D eigenvalue weighted by atomic mass is 16.7. The van der Waals surface area contributed by atoms with Crippen LogP contribution in [-0.4, -0.2) is 93.5 Å². The number of likely N-dealkylation sites (tertiary alicyclic amines) is 2. The quantitative estimate of drug-likeness (QED) is 0.458. The number of nitrogens with zero attached hydrogens (tertiary/aromatic N) is 2. The third-order valence-corrected chi connectivity index (χ3v) is 4.81. The van der Waals surface area contributed by atoms with E-state index in [2.05, 4.69) is 0 Å². The maximum atomic E-state index is 12.4. The van der Waals surface area contributed by atoms with E-state index in [1.807, 2.05) is 0 Å². The highest BCUT2D eigenvalue weighted by molar-refractivity contribution is 5.68. The molecule has 3 aliphatic rings. The minimum Gasteiger partial charge on any atom is -0.444 e. The SMILES string of the molecule is CC(C)(C)OC(=O)N1CC2OC3C[N+](O)(C(=O)OC(C)(C)C)C(O)C3OC2C1. The molecule has 0 radical (unpaired) electrons. The molecule has 0 aromatic carbocycles. The lowest BCUT2D eigenvalue weighted by Gasteiger charge is -2.33.